The average molecular weight is 200 g/mol. The third-order valence-corrected chi connectivity index (χ3v) is 2.64. The lowest BCUT2D eigenvalue weighted by atomic mass is 10.1. The Kier molecular flexibility index (Phi) is 2.19. The van der Waals surface area contributed by atoms with E-state index in [9.17, 15) is 4.79 Å². The number of hydrazine groups is 1. The normalized spacial score (nSPS) is 33.9. The predicted octanol–water partition coefficient (Wildman–Crippen LogP) is -1.23. The summed E-state index contributed by atoms with van der Waals surface area (Å²) in [5, 5.41) is 8.10. The molecule has 2 atom stereocenters. The summed E-state index contributed by atoms with van der Waals surface area (Å²) < 4.78 is 0. The van der Waals surface area contributed by atoms with Crippen LogP contribution in [0, 0.1) is 5.92 Å². The average Bonchev–Trinajstić information content (AvgIpc) is 2.47. The van der Waals surface area contributed by atoms with Crippen LogP contribution in [0.1, 0.15) is 6.92 Å². The third kappa shape index (κ3) is 1.41. The minimum atomic E-state index is -0.0355. The number of thiocarbonyl (C=S) groups is 1. The Morgan fingerprint density at radius 1 is 1.69 bits per heavy atom. The van der Waals surface area contributed by atoms with Crippen LogP contribution in [0.3, 0.4) is 0 Å². The number of carbonyl (C=O) groups excluding carboxylic acids is 1. The zero-order chi connectivity index (χ0) is 9.42. The summed E-state index contributed by atoms with van der Waals surface area (Å²) in [7, 11) is 0. The van der Waals surface area contributed by atoms with Crippen molar-refractivity contribution in [3.8, 4) is 0 Å². The molecule has 2 heterocycles. The zero-order valence-electron chi connectivity index (χ0n) is 7.33. The van der Waals surface area contributed by atoms with E-state index >= 15 is 0 Å². The van der Waals surface area contributed by atoms with Gasteiger partial charge in [-0.3, -0.25) is 10.2 Å². The van der Waals surface area contributed by atoms with Crippen LogP contribution in [0.4, 0.5) is 0 Å². The number of fused-ring (bicyclic) bond motifs is 1. The fourth-order valence-corrected chi connectivity index (χ4v) is 1.96. The molecule has 13 heavy (non-hydrogen) atoms. The number of nitrogens with one attached hydrogen (secondary N) is 3. The van der Waals surface area contributed by atoms with E-state index in [2.05, 4.69) is 16.1 Å². The molecule has 0 radical (unpaired) electrons. The standard InChI is InChI=1S/C7H12N4OS/c1-2-11-5-4(3-8-11)6(12)10-7(13)9-5/h4-5,8H,2-3H2,1H3,(H2,9,10,12,13). The molecule has 2 fully saturated rings. The van der Waals surface area contributed by atoms with Gasteiger partial charge in [-0.1, -0.05) is 6.92 Å². The van der Waals surface area contributed by atoms with E-state index in [0.717, 1.165) is 6.54 Å². The van der Waals surface area contributed by atoms with Crippen LogP contribution in [0.25, 0.3) is 0 Å². The number of carbonyl (C=O) groups is 1. The highest BCUT2D eigenvalue weighted by atomic mass is 32.1. The molecule has 3 N–H and O–H groups in total. The van der Waals surface area contributed by atoms with Crippen LogP contribution in [-0.2, 0) is 4.79 Å². The highest BCUT2D eigenvalue weighted by Crippen LogP contribution is 2.16. The molecule has 0 saturated carbocycles. The molecule has 0 spiro atoms. The molecule has 72 valence electrons. The summed E-state index contributed by atoms with van der Waals surface area (Å²) in [4.78, 5) is 11.4. The van der Waals surface area contributed by atoms with Gasteiger partial charge in [0.2, 0.25) is 5.91 Å². The monoisotopic (exact) mass is 200 g/mol. The van der Waals surface area contributed by atoms with Crippen molar-refractivity contribution in [2.75, 3.05) is 13.1 Å². The van der Waals surface area contributed by atoms with E-state index in [1.807, 2.05) is 11.9 Å². The Bertz CT molecular complexity index is 257. The van der Waals surface area contributed by atoms with Crippen LogP contribution >= 0.6 is 12.2 Å². The van der Waals surface area contributed by atoms with Gasteiger partial charge in [0, 0.05) is 13.1 Å². The van der Waals surface area contributed by atoms with Gasteiger partial charge in [0.25, 0.3) is 0 Å². The summed E-state index contributed by atoms with van der Waals surface area (Å²) in [5.74, 6) is -0.0242. The van der Waals surface area contributed by atoms with Crippen LogP contribution in [0.2, 0.25) is 0 Å². The van der Waals surface area contributed by atoms with Crippen LogP contribution in [0.15, 0.2) is 0 Å². The van der Waals surface area contributed by atoms with Gasteiger partial charge in [-0.05, 0) is 12.2 Å². The summed E-state index contributed by atoms with van der Waals surface area (Å²) in [5.41, 5.74) is 3.15. The minimum absolute atomic E-state index is 0.0113. The molecule has 2 aliphatic heterocycles. The lowest BCUT2D eigenvalue weighted by Crippen LogP contribution is -2.61. The Morgan fingerprint density at radius 2 is 2.46 bits per heavy atom. The Balaban J connectivity index is 2.15. The quantitative estimate of drug-likeness (QED) is 0.463. The van der Waals surface area contributed by atoms with E-state index in [4.69, 9.17) is 12.2 Å². The number of hydrogen-bond donors (Lipinski definition) is 3. The van der Waals surface area contributed by atoms with Crippen LogP contribution in [0.5, 0.6) is 0 Å². The van der Waals surface area contributed by atoms with Gasteiger partial charge in [-0.2, -0.15) is 0 Å². The van der Waals surface area contributed by atoms with Crippen molar-refractivity contribution in [3.63, 3.8) is 0 Å². The fourth-order valence-electron chi connectivity index (χ4n) is 1.74. The Morgan fingerprint density at radius 3 is 3.15 bits per heavy atom. The molecule has 0 aliphatic carbocycles. The van der Waals surface area contributed by atoms with Crippen molar-refractivity contribution < 1.29 is 4.79 Å². The maximum Gasteiger partial charge on any atom is 0.234 e. The van der Waals surface area contributed by atoms with Gasteiger partial charge in [0.15, 0.2) is 5.11 Å². The molecule has 0 bridgehead atoms. The minimum Gasteiger partial charge on any atom is -0.345 e. The molecule has 0 aromatic carbocycles. The molecule has 2 aliphatic rings. The molecule has 2 saturated heterocycles. The van der Waals surface area contributed by atoms with Crippen molar-refractivity contribution >= 4 is 23.2 Å². The molecule has 2 rings (SSSR count). The second-order valence-corrected chi connectivity index (χ2v) is 3.57. The molecule has 1 amide bonds. The molecule has 2 unspecified atom stereocenters. The smallest absolute Gasteiger partial charge is 0.234 e. The Hall–Kier alpha value is -0.720. The van der Waals surface area contributed by atoms with Gasteiger partial charge < -0.3 is 10.6 Å². The maximum atomic E-state index is 11.4. The van der Waals surface area contributed by atoms with Crippen molar-refractivity contribution in [3.05, 3.63) is 0 Å². The largest absolute Gasteiger partial charge is 0.345 e. The molecule has 0 aromatic heterocycles. The van der Waals surface area contributed by atoms with Crippen LogP contribution in [-0.4, -0.2) is 35.3 Å². The van der Waals surface area contributed by atoms with E-state index in [0.29, 0.717) is 11.7 Å². The highest BCUT2D eigenvalue weighted by Gasteiger charge is 2.41. The number of amides is 1. The van der Waals surface area contributed by atoms with E-state index in [1.165, 1.54) is 0 Å². The first-order valence-corrected chi connectivity index (χ1v) is 4.74. The van der Waals surface area contributed by atoms with E-state index in [1.54, 1.807) is 0 Å². The summed E-state index contributed by atoms with van der Waals surface area (Å²) >= 11 is 4.91. The van der Waals surface area contributed by atoms with Crippen molar-refractivity contribution in [1.29, 1.82) is 0 Å². The van der Waals surface area contributed by atoms with E-state index < -0.39 is 0 Å². The van der Waals surface area contributed by atoms with Gasteiger partial charge in [0.1, 0.15) is 6.17 Å². The summed E-state index contributed by atoms with van der Waals surface area (Å²) in [6.07, 6.45) is 0.0197. The molecular weight excluding hydrogens is 188 g/mol. The lowest BCUT2D eigenvalue weighted by Gasteiger charge is -2.31. The van der Waals surface area contributed by atoms with Crippen LogP contribution < -0.4 is 16.1 Å². The molecule has 5 nitrogen and oxygen atoms in total. The topological polar surface area (TPSA) is 56.4 Å². The van der Waals surface area contributed by atoms with Crippen molar-refractivity contribution in [2.45, 2.75) is 13.1 Å². The van der Waals surface area contributed by atoms with Gasteiger partial charge in [-0.15, -0.1) is 0 Å². The fraction of sp³-hybridized carbons (Fsp3) is 0.714. The first-order valence-electron chi connectivity index (χ1n) is 4.34. The maximum absolute atomic E-state index is 11.4. The highest BCUT2D eigenvalue weighted by molar-refractivity contribution is 7.80. The Labute approximate surface area is 81.8 Å². The second-order valence-electron chi connectivity index (χ2n) is 3.16. The number of rotatable bonds is 1. The van der Waals surface area contributed by atoms with Crippen molar-refractivity contribution in [1.82, 2.24) is 21.1 Å². The zero-order valence-corrected chi connectivity index (χ0v) is 8.15. The third-order valence-electron chi connectivity index (χ3n) is 2.42. The predicted molar refractivity (Wildman–Crippen MR) is 51.5 cm³/mol. The molecule has 6 heteroatoms. The summed E-state index contributed by atoms with van der Waals surface area (Å²) in [6, 6.07) is 0. The van der Waals surface area contributed by atoms with E-state index in [-0.39, 0.29) is 18.0 Å². The molecule has 0 aromatic rings. The molecular formula is C7H12N4OS. The van der Waals surface area contributed by atoms with Crippen molar-refractivity contribution in [2.24, 2.45) is 5.92 Å². The first kappa shape index (κ1) is 8.86. The van der Waals surface area contributed by atoms with Gasteiger partial charge in [-0.25, -0.2) is 5.01 Å². The first-order chi connectivity index (χ1) is 6.22. The number of hydrogen-bond acceptors (Lipinski definition) is 4. The van der Waals surface area contributed by atoms with Gasteiger partial charge in [0.05, 0.1) is 5.92 Å². The van der Waals surface area contributed by atoms with Gasteiger partial charge >= 0.3 is 0 Å². The number of nitrogens with zero attached hydrogens (tertiary/aromatic N) is 1. The second kappa shape index (κ2) is 3.21. The SMILES string of the molecule is CCN1NCC2C(=O)NC(=S)NC21. The lowest BCUT2D eigenvalue weighted by molar-refractivity contribution is -0.125. The summed E-state index contributed by atoms with van der Waals surface area (Å²) in [6.45, 7) is 3.57.